The van der Waals surface area contributed by atoms with Crippen LogP contribution in [0.5, 0.6) is 0 Å². The van der Waals surface area contributed by atoms with Crippen molar-refractivity contribution in [1.82, 2.24) is 4.90 Å². The van der Waals surface area contributed by atoms with E-state index in [9.17, 15) is 14.4 Å². The first kappa shape index (κ1) is 14.9. The van der Waals surface area contributed by atoms with Crippen LogP contribution in [0.15, 0.2) is 54.6 Å². The Morgan fingerprint density at radius 2 is 2.00 bits per heavy atom. The van der Waals surface area contributed by atoms with Gasteiger partial charge in [0.1, 0.15) is 11.7 Å². The lowest BCUT2D eigenvalue weighted by Gasteiger charge is -2.33. The summed E-state index contributed by atoms with van der Waals surface area (Å²) in [5, 5.41) is 9.62. The molecule has 2 unspecified atom stereocenters. The molecule has 0 aliphatic carbocycles. The minimum atomic E-state index is -2.07. The second-order valence-electron chi connectivity index (χ2n) is 5.45. The molecule has 2 aromatic carbocycles. The predicted octanol–water partition coefficient (Wildman–Crippen LogP) is 4.22. The molecule has 0 bridgehead atoms. The third kappa shape index (κ3) is 2.79. The Morgan fingerprint density at radius 3 is 2.62 bits per heavy atom. The zero-order valence-corrected chi connectivity index (χ0v) is 13.6. The van der Waals surface area contributed by atoms with Crippen molar-refractivity contribution in [2.24, 2.45) is 5.89 Å². The van der Waals surface area contributed by atoms with Gasteiger partial charge in [0, 0.05) is 23.7 Å². The van der Waals surface area contributed by atoms with E-state index < -0.39 is 23.5 Å². The number of benzene rings is 2. The molecule has 24 heavy (non-hydrogen) atoms. The van der Waals surface area contributed by atoms with Gasteiger partial charge < -0.3 is 4.90 Å². The highest BCUT2D eigenvalue weighted by Gasteiger charge is 2.37. The lowest BCUT2D eigenvalue weighted by molar-refractivity contribution is -0.130. The van der Waals surface area contributed by atoms with E-state index in [1.807, 2.05) is 30.3 Å². The van der Waals surface area contributed by atoms with Gasteiger partial charge in [-0.1, -0.05) is 54.1 Å². The average molecular weight is 342 g/mol. The number of nitrogens with zero attached hydrogens (tertiary/aromatic N) is 2. The van der Waals surface area contributed by atoms with Crippen LogP contribution in [0, 0.1) is 23.0 Å². The number of hydrogen-bond donors (Lipinski definition) is 0. The lowest BCUT2D eigenvalue weighted by Crippen LogP contribution is -2.38. The molecular weight excluding hydrogens is 327 g/mol. The summed E-state index contributed by atoms with van der Waals surface area (Å²) >= 11 is 6.14. The first-order valence-corrected chi connectivity index (χ1v) is 7.68. The fourth-order valence-corrected chi connectivity index (χ4v) is 3.08. The van der Waals surface area contributed by atoms with Crippen LogP contribution in [0.25, 0.3) is 5.70 Å². The highest BCUT2D eigenvalue weighted by Crippen LogP contribution is 2.39. The number of nitriles is 1. The molecule has 3 nitrogen and oxygen atoms in total. The Bertz CT molecular complexity index is 909. The number of hydrogen-bond acceptors (Lipinski definition) is 2. The molecule has 0 spiro atoms. The maximum atomic E-state index is 13.4. The van der Waals surface area contributed by atoms with Gasteiger partial charge in [-0.25, -0.2) is 4.39 Å². The van der Waals surface area contributed by atoms with Crippen LogP contribution in [0.4, 0.5) is 4.39 Å². The van der Waals surface area contributed by atoms with Crippen molar-refractivity contribution in [2.45, 2.75) is 5.92 Å². The van der Waals surface area contributed by atoms with E-state index in [1.54, 1.807) is 12.1 Å². The first-order chi connectivity index (χ1) is 11.9. The van der Waals surface area contributed by atoms with Gasteiger partial charge in [0.15, 0.2) is 0 Å². The Labute approximate surface area is 146 Å². The topological polar surface area (TPSA) is 44.1 Å². The highest BCUT2D eigenvalue weighted by atomic mass is 35.5. The average Bonchev–Trinajstić information content (AvgIpc) is 2.61. The molecule has 0 aromatic heterocycles. The summed E-state index contributed by atoms with van der Waals surface area (Å²) in [5.41, 5.74) is 1.73. The molecule has 0 saturated carbocycles. The fraction of sp³-hybridized carbons (Fsp3) is 0.158. The molecule has 1 aliphatic heterocycles. The van der Waals surface area contributed by atoms with Gasteiger partial charge in [0.25, 0.3) is 0 Å². The fourth-order valence-electron chi connectivity index (χ4n) is 2.79. The first-order valence-electron chi connectivity index (χ1n) is 7.80. The number of amides is 1. The second kappa shape index (κ2) is 6.46. The van der Waals surface area contributed by atoms with E-state index in [-0.39, 0.29) is 5.02 Å². The second-order valence-corrected chi connectivity index (χ2v) is 5.86. The summed E-state index contributed by atoms with van der Waals surface area (Å²) < 4.78 is 21.8. The molecule has 1 amide bonds. The van der Waals surface area contributed by atoms with Crippen LogP contribution in [0.2, 0.25) is 5.02 Å². The number of halogens is 2. The van der Waals surface area contributed by atoms with Crippen LogP contribution in [-0.2, 0) is 4.79 Å². The summed E-state index contributed by atoms with van der Waals surface area (Å²) in [7, 11) is 1.53. The molecule has 1 aliphatic rings. The molecule has 2 atom stereocenters. The third-order valence-corrected chi connectivity index (χ3v) is 4.35. The number of rotatable bonds is 2. The molecular formula is C19H14ClFN2O. The van der Waals surface area contributed by atoms with Crippen LogP contribution in [-0.4, -0.2) is 17.9 Å². The highest BCUT2D eigenvalue weighted by molar-refractivity contribution is 6.31. The van der Waals surface area contributed by atoms with Crippen LogP contribution in [0.3, 0.4) is 0 Å². The normalized spacial score (nSPS) is 24.2. The number of carbonyl (C=O) groups is 1. The Morgan fingerprint density at radius 1 is 1.29 bits per heavy atom. The van der Waals surface area contributed by atoms with Crippen molar-refractivity contribution in [3.8, 4) is 6.07 Å². The zero-order valence-electron chi connectivity index (χ0n) is 13.8. The standard InChI is InChI=1S/C19H14ClFN2O/c1-23-18(12-5-3-2-4-6-12)10-15(16(11-22)19(23)24)14-8-7-13(21)9-17(14)20/h2-10,15-16H,1H3/i16D. The molecule has 0 N–H and O–H groups in total. The monoisotopic (exact) mass is 341 g/mol. The maximum Gasteiger partial charge on any atom is 0.245 e. The molecule has 5 heteroatoms. The van der Waals surface area contributed by atoms with Crippen LogP contribution < -0.4 is 0 Å². The third-order valence-electron chi connectivity index (χ3n) is 4.02. The van der Waals surface area contributed by atoms with Gasteiger partial charge in [0.2, 0.25) is 5.91 Å². The molecule has 1 heterocycles. The smallest absolute Gasteiger partial charge is 0.245 e. The predicted molar refractivity (Wildman–Crippen MR) is 90.4 cm³/mol. The Hall–Kier alpha value is -2.64. The van der Waals surface area contributed by atoms with Gasteiger partial charge in [-0.05, 0) is 23.3 Å². The van der Waals surface area contributed by atoms with Crippen molar-refractivity contribution in [3.63, 3.8) is 0 Å². The molecule has 3 rings (SSSR count). The van der Waals surface area contributed by atoms with Gasteiger partial charge in [-0.3, -0.25) is 4.79 Å². The van der Waals surface area contributed by atoms with Crippen LogP contribution in [0.1, 0.15) is 18.4 Å². The van der Waals surface area contributed by atoms with Crippen molar-refractivity contribution in [3.05, 3.63) is 76.6 Å². The summed E-state index contributed by atoms with van der Waals surface area (Å²) in [6, 6.07) is 14.7. The van der Waals surface area contributed by atoms with Crippen molar-refractivity contribution >= 4 is 23.2 Å². The van der Waals surface area contributed by atoms with E-state index in [1.165, 1.54) is 24.1 Å². The number of carbonyl (C=O) groups excluding carboxylic acids is 1. The lowest BCUT2D eigenvalue weighted by atomic mass is 9.81. The Balaban J connectivity index is 2.23. The summed E-state index contributed by atoms with van der Waals surface area (Å²) in [6.45, 7) is 0. The number of allylic oxidation sites excluding steroid dienone is 1. The maximum absolute atomic E-state index is 13.4. The van der Waals surface area contributed by atoms with Gasteiger partial charge in [-0.15, -0.1) is 0 Å². The van der Waals surface area contributed by atoms with E-state index in [2.05, 4.69) is 0 Å². The van der Waals surface area contributed by atoms with Crippen molar-refractivity contribution < 1.29 is 10.6 Å². The van der Waals surface area contributed by atoms with E-state index >= 15 is 0 Å². The van der Waals surface area contributed by atoms with Gasteiger partial charge >= 0.3 is 0 Å². The molecule has 120 valence electrons. The van der Waals surface area contributed by atoms with Crippen molar-refractivity contribution in [1.29, 1.82) is 5.26 Å². The molecule has 2 aromatic rings. The minimum Gasteiger partial charge on any atom is -0.314 e. The Kier molecular flexibility index (Phi) is 4.02. The molecule has 0 radical (unpaired) electrons. The van der Waals surface area contributed by atoms with Crippen LogP contribution >= 0.6 is 11.6 Å². The van der Waals surface area contributed by atoms with Gasteiger partial charge in [-0.2, -0.15) is 5.26 Å². The zero-order chi connectivity index (χ0) is 18.2. The molecule has 0 saturated heterocycles. The van der Waals surface area contributed by atoms with E-state index in [0.717, 1.165) is 11.6 Å². The summed E-state index contributed by atoms with van der Waals surface area (Å²) in [5.74, 6) is -4.16. The van der Waals surface area contributed by atoms with Gasteiger partial charge in [0.05, 0.1) is 7.44 Å². The SMILES string of the molecule is [2H]C1(C#N)C(=O)N(C)C(c2ccccc2)=CC1c1ccc(F)cc1Cl. The van der Waals surface area contributed by atoms with E-state index in [4.69, 9.17) is 13.0 Å². The quantitative estimate of drug-likeness (QED) is 0.821. The minimum absolute atomic E-state index is 0.0814. The van der Waals surface area contributed by atoms with E-state index in [0.29, 0.717) is 11.3 Å². The molecule has 0 fully saturated rings. The summed E-state index contributed by atoms with van der Waals surface area (Å²) in [4.78, 5) is 14.1. The largest absolute Gasteiger partial charge is 0.314 e. The summed E-state index contributed by atoms with van der Waals surface area (Å²) in [6.07, 6.45) is 1.67. The van der Waals surface area contributed by atoms with Crippen molar-refractivity contribution in [2.75, 3.05) is 7.05 Å².